The number of fused-ring (bicyclic) bond motifs is 3. The average Bonchev–Trinajstić information content (AvgIpc) is 2.88. The van der Waals surface area contributed by atoms with Gasteiger partial charge in [0, 0.05) is 30.6 Å². The molecular weight excluding hydrogens is 440 g/mol. The van der Waals surface area contributed by atoms with Gasteiger partial charge in [-0.1, -0.05) is 54.6 Å². The number of ether oxygens (including phenoxy) is 2. The van der Waals surface area contributed by atoms with Gasteiger partial charge in [-0.3, -0.25) is 4.90 Å². The molecule has 0 saturated heterocycles. The van der Waals surface area contributed by atoms with Crippen molar-refractivity contribution in [3.05, 3.63) is 101 Å². The van der Waals surface area contributed by atoms with E-state index in [4.69, 9.17) is 14.5 Å². The fourth-order valence-electron chi connectivity index (χ4n) is 4.93. The summed E-state index contributed by atoms with van der Waals surface area (Å²) >= 11 is 0. The highest BCUT2D eigenvalue weighted by atomic mass is 16.6. The molecule has 6 rings (SSSR count). The Labute approximate surface area is 203 Å². The van der Waals surface area contributed by atoms with Crippen LogP contribution in [-0.4, -0.2) is 40.7 Å². The molecule has 35 heavy (non-hydrogen) atoms. The van der Waals surface area contributed by atoms with Gasteiger partial charge in [0.15, 0.2) is 11.5 Å². The molecule has 3 aromatic carbocycles. The maximum Gasteiger partial charge on any atom is 0.336 e. The number of rotatable bonds is 4. The highest BCUT2D eigenvalue weighted by Crippen LogP contribution is 2.36. The van der Waals surface area contributed by atoms with E-state index in [0.717, 1.165) is 33.9 Å². The molecular formula is C29H24N2O4. The first-order chi connectivity index (χ1) is 17.2. The molecule has 6 heteroatoms. The summed E-state index contributed by atoms with van der Waals surface area (Å²) in [6.07, 6.45) is 2.08. The SMILES string of the molecule is O=C(O)c1c2c(nc3ccccc13)/C(=C\c1ccc3c(c1)OCCO3)CN(Cc1ccccc1)C2. The Bertz CT molecular complexity index is 1460. The number of hydrogen-bond acceptors (Lipinski definition) is 5. The third-order valence-electron chi connectivity index (χ3n) is 6.44. The number of aromatic nitrogens is 1. The lowest BCUT2D eigenvalue weighted by molar-refractivity contribution is 0.0696. The third kappa shape index (κ3) is 4.13. The van der Waals surface area contributed by atoms with Gasteiger partial charge in [0.1, 0.15) is 13.2 Å². The van der Waals surface area contributed by atoms with Crippen molar-refractivity contribution in [2.75, 3.05) is 19.8 Å². The van der Waals surface area contributed by atoms with Crippen LogP contribution >= 0.6 is 0 Å². The van der Waals surface area contributed by atoms with Crippen molar-refractivity contribution in [1.29, 1.82) is 0 Å². The first-order valence-electron chi connectivity index (χ1n) is 11.7. The number of pyridine rings is 1. The summed E-state index contributed by atoms with van der Waals surface area (Å²) in [4.78, 5) is 19.7. The smallest absolute Gasteiger partial charge is 0.336 e. The lowest BCUT2D eigenvalue weighted by atomic mass is 9.91. The highest BCUT2D eigenvalue weighted by molar-refractivity contribution is 6.06. The van der Waals surface area contributed by atoms with Gasteiger partial charge in [0.2, 0.25) is 0 Å². The maximum absolute atomic E-state index is 12.5. The Hall–Kier alpha value is -4.16. The predicted octanol–water partition coefficient (Wildman–Crippen LogP) is 5.26. The van der Waals surface area contributed by atoms with Crippen molar-refractivity contribution in [2.45, 2.75) is 13.1 Å². The second-order valence-electron chi connectivity index (χ2n) is 8.84. The van der Waals surface area contributed by atoms with Crippen molar-refractivity contribution in [3.63, 3.8) is 0 Å². The average molecular weight is 465 g/mol. The van der Waals surface area contributed by atoms with E-state index in [9.17, 15) is 9.90 Å². The number of carboxylic acid groups (broad SMARTS) is 1. The molecule has 1 aromatic heterocycles. The van der Waals surface area contributed by atoms with Crippen molar-refractivity contribution in [2.24, 2.45) is 0 Å². The molecule has 0 amide bonds. The van der Waals surface area contributed by atoms with Gasteiger partial charge >= 0.3 is 5.97 Å². The monoisotopic (exact) mass is 464 g/mol. The van der Waals surface area contributed by atoms with E-state index in [1.165, 1.54) is 5.56 Å². The molecule has 0 aliphatic carbocycles. The number of carbonyl (C=O) groups is 1. The zero-order valence-corrected chi connectivity index (χ0v) is 19.1. The summed E-state index contributed by atoms with van der Waals surface area (Å²) in [7, 11) is 0. The molecule has 2 aliphatic heterocycles. The Morgan fingerprint density at radius 1 is 0.943 bits per heavy atom. The van der Waals surface area contributed by atoms with E-state index in [1.54, 1.807) is 0 Å². The van der Waals surface area contributed by atoms with Crippen LogP contribution in [0, 0.1) is 0 Å². The van der Waals surface area contributed by atoms with E-state index in [-0.39, 0.29) is 0 Å². The molecule has 2 aliphatic rings. The minimum atomic E-state index is -0.930. The Morgan fingerprint density at radius 3 is 2.54 bits per heavy atom. The van der Waals surface area contributed by atoms with Crippen LogP contribution in [0.2, 0.25) is 0 Å². The molecule has 3 heterocycles. The lowest BCUT2D eigenvalue weighted by Crippen LogP contribution is -2.31. The number of aromatic carboxylic acids is 1. The van der Waals surface area contributed by atoms with Gasteiger partial charge in [0.05, 0.1) is 16.8 Å². The summed E-state index contributed by atoms with van der Waals surface area (Å²) in [6, 6.07) is 23.6. The number of hydrogen-bond donors (Lipinski definition) is 1. The van der Waals surface area contributed by atoms with E-state index in [1.807, 2.05) is 60.7 Å². The Kier molecular flexibility index (Phi) is 5.43. The number of para-hydroxylation sites is 1. The maximum atomic E-state index is 12.5. The second kappa shape index (κ2) is 8.89. The molecule has 0 saturated carbocycles. The van der Waals surface area contributed by atoms with E-state index >= 15 is 0 Å². The quantitative estimate of drug-likeness (QED) is 0.444. The van der Waals surface area contributed by atoms with Gasteiger partial charge in [0.25, 0.3) is 0 Å². The third-order valence-corrected chi connectivity index (χ3v) is 6.44. The number of carboxylic acids is 1. The molecule has 1 N–H and O–H groups in total. The van der Waals surface area contributed by atoms with E-state index < -0.39 is 5.97 Å². The predicted molar refractivity (Wildman–Crippen MR) is 135 cm³/mol. The number of nitrogens with zero attached hydrogens (tertiary/aromatic N) is 2. The summed E-state index contributed by atoms with van der Waals surface area (Å²) in [6.45, 7) is 2.95. The fraction of sp³-hybridized carbons (Fsp3) is 0.172. The van der Waals surface area contributed by atoms with E-state index in [0.29, 0.717) is 49.3 Å². The van der Waals surface area contributed by atoms with Crippen LogP contribution in [0.1, 0.15) is 32.7 Å². The van der Waals surface area contributed by atoms with Crippen LogP contribution in [-0.2, 0) is 13.1 Å². The van der Waals surface area contributed by atoms with Gasteiger partial charge in [-0.15, -0.1) is 0 Å². The summed E-state index contributed by atoms with van der Waals surface area (Å²) in [5.74, 6) is 0.533. The second-order valence-corrected chi connectivity index (χ2v) is 8.84. The zero-order chi connectivity index (χ0) is 23.8. The summed E-state index contributed by atoms with van der Waals surface area (Å²) in [5, 5.41) is 10.9. The number of benzene rings is 3. The first kappa shape index (κ1) is 21.4. The largest absolute Gasteiger partial charge is 0.486 e. The van der Waals surface area contributed by atoms with Crippen LogP contribution in [0.25, 0.3) is 22.6 Å². The van der Waals surface area contributed by atoms with Crippen molar-refractivity contribution in [3.8, 4) is 11.5 Å². The molecule has 0 spiro atoms. The molecule has 0 radical (unpaired) electrons. The van der Waals surface area contributed by atoms with Crippen LogP contribution in [0.4, 0.5) is 0 Å². The van der Waals surface area contributed by atoms with Crippen molar-refractivity contribution in [1.82, 2.24) is 9.88 Å². The minimum absolute atomic E-state index is 0.330. The van der Waals surface area contributed by atoms with E-state index in [2.05, 4.69) is 23.1 Å². The zero-order valence-electron chi connectivity index (χ0n) is 19.1. The van der Waals surface area contributed by atoms with Crippen LogP contribution < -0.4 is 9.47 Å². The molecule has 0 fully saturated rings. The highest BCUT2D eigenvalue weighted by Gasteiger charge is 2.28. The normalized spacial score (nSPS) is 16.3. The van der Waals surface area contributed by atoms with Gasteiger partial charge in [-0.25, -0.2) is 9.78 Å². The fourth-order valence-corrected chi connectivity index (χ4v) is 4.93. The Morgan fingerprint density at radius 2 is 1.71 bits per heavy atom. The molecule has 174 valence electrons. The first-order valence-corrected chi connectivity index (χ1v) is 11.7. The van der Waals surface area contributed by atoms with Crippen molar-refractivity contribution >= 4 is 28.5 Å². The topological polar surface area (TPSA) is 71.9 Å². The summed E-state index contributed by atoms with van der Waals surface area (Å²) in [5.41, 5.74) is 5.64. The van der Waals surface area contributed by atoms with Crippen LogP contribution in [0.15, 0.2) is 72.8 Å². The van der Waals surface area contributed by atoms with Crippen LogP contribution in [0.3, 0.4) is 0 Å². The molecule has 6 nitrogen and oxygen atoms in total. The standard InChI is InChI=1S/C29H24N2O4/c32-29(33)27-22-8-4-5-9-24(22)30-28-21(14-20-10-11-25-26(15-20)35-13-12-34-25)17-31(18-23(27)28)16-19-6-2-1-3-7-19/h1-11,14-15H,12-13,16-18H2,(H,32,33)/b21-14-. The molecule has 0 bridgehead atoms. The molecule has 4 aromatic rings. The van der Waals surface area contributed by atoms with Crippen molar-refractivity contribution < 1.29 is 19.4 Å². The minimum Gasteiger partial charge on any atom is -0.486 e. The summed E-state index contributed by atoms with van der Waals surface area (Å²) < 4.78 is 11.4. The molecule has 0 unspecified atom stereocenters. The van der Waals surface area contributed by atoms with Gasteiger partial charge in [-0.2, -0.15) is 0 Å². The lowest BCUT2D eigenvalue weighted by Gasteiger charge is -2.31. The Balaban J connectivity index is 1.50. The van der Waals surface area contributed by atoms with Crippen LogP contribution in [0.5, 0.6) is 11.5 Å². The van der Waals surface area contributed by atoms with Gasteiger partial charge in [-0.05, 0) is 41.0 Å². The van der Waals surface area contributed by atoms with Gasteiger partial charge < -0.3 is 14.6 Å². The molecule has 0 atom stereocenters.